The maximum Gasteiger partial charge on any atom is 0.321 e. The Morgan fingerprint density at radius 1 is 0.966 bits per heavy atom. The zero-order chi connectivity index (χ0) is 20.2. The van der Waals surface area contributed by atoms with Gasteiger partial charge in [-0.2, -0.15) is 0 Å². The van der Waals surface area contributed by atoms with Crippen LogP contribution in [0.4, 0.5) is 4.79 Å². The highest BCUT2D eigenvalue weighted by molar-refractivity contribution is 5.95. The lowest BCUT2D eigenvalue weighted by atomic mass is 9.93. The van der Waals surface area contributed by atoms with Crippen LogP contribution < -0.4 is 10.6 Å². The van der Waals surface area contributed by atoms with Gasteiger partial charge in [-0.05, 0) is 43.2 Å². The summed E-state index contributed by atoms with van der Waals surface area (Å²) in [5.41, 5.74) is 2.31. The predicted molar refractivity (Wildman–Crippen MR) is 109 cm³/mol. The highest BCUT2D eigenvalue weighted by Crippen LogP contribution is 2.25. The number of urea groups is 1. The van der Waals surface area contributed by atoms with Crippen molar-refractivity contribution in [2.24, 2.45) is 0 Å². The zero-order valence-electron chi connectivity index (χ0n) is 16.9. The van der Waals surface area contributed by atoms with Crippen molar-refractivity contribution in [2.75, 3.05) is 19.6 Å². The predicted octanol–water partition coefficient (Wildman–Crippen LogP) is 1.80. The van der Waals surface area contributed by atoms with Gasteiger partial charge in [0.1, 0.15) is 0 Å². The summed E-state index contributed by atoms with van der Waals surface area (Å²) in [7, 11) is 0. The topological polar surface area (TPSA) is 81.8 Å². The first-order valence-corrected chi connectivity index (χ1v) is 10.8. The second kappa shape index (κ2) is 8.95. The van der Waals surface area contributed by atoms with E-state index in [9.17, 15) is 14.4 Å². The van der Waals surface area contributed by atoms with Gasteiger partial charge in [-0.1, -0.05) is 37.1 Å². The van der Waals surface area contributed by atoms with Gasteiger partial charge in [0.15, 0.2) is 0 Å². The fourth-order valence-electron chi connectivity index (χ4n) is 4.78. The summed E-state index contributed by atoms with van der Waals surface area (Å²) in [4.78, 5) is 41.7. The summed E-state index contributed by atoms with van der Waals surface area (Å²) < 4.78 is 0. The Hall–Kier alpha value is -2.41. The van der Waals surface area contributed by atoms with E-state index in [-0.39, 0.29) is 30.4 Å². The summed E-state index contributed by atoms with van der Waals surface area (Å²) >= 11 is 0. The summed E-state index contributed by atoms with van der Waals surface area (Å²) in [6.07, 6.45) is 6.85. The van der Waals surface area contributed by atoms with Crippen molar-refractivity contribution in [1.82, 2.24) is 20.4 Å². The minimum atomic E-state index is -0.429. The van der Waals surface area contributed by atoms with E-state index in [0.29, 0.717) is 13.0 Å². The number of imide groups is 1. The molecule has 7 heteroatoms. The minimum Gasteiger partial charge on any atom is -0.341 e. The van der Waals surface area contributed by atoms with Crippen LogP contribution in [0.25, 0.3) is 0 Å². The van der Waals surface area contributed by atoms with E-state index in [4.69, 9.17) is 0 Å². The van der Waals surface area contributed by atoms with Gasteiger partial charge in [-0.25, -0.2) is 4.79 Å². The summed E-state index contributed by atoms with van der Waals surface area (Å²) in [5.74, 6) is -0.265. The smallest absolute Gasteiger partial charge is 0.321 e. The number of likely N-dealkylation sites (tertiary alicyclic amines) is 1. The van der Waals surface area contributed by atoms with E-state index < -0.39 is 6.03 Å². The summed E-state index contributed by atoms with van der Waals surface area (Å²) in [6.45, 7) is 2.16. The lowest BCUT2D eigenvalue weighted by Crippen LogP contribution is -2.54. The van der Waals surface area contributed by atoms with Crippen molar-refractivity contribution in [3.8, 4) is 0 Å². The molecule has 2 aliphatic heterocycles. The van der Waals surface area contributed by atoms with Crippen molar-refractivity contribution in [3.05, 3.63) is 35.4 Å². The van der Waals surface area contributed by atoms with E-state index in [0.717, 1.165) is 57.2 Å². The fraction of sp³-hybridized carbons (Fsp3) is 0.591. The molecule has 4 amide bonds. The average Bonchev–Trinajstić information content (AvgIpc) is 3.41. The Balaban J connectivity index is 1.41. The Bertz CT molecular complexity index is 769. The molecule has 0 aromatic heterocycles. The van der Waals surface area contributed by atoms with Gasteiger partial charge in [-0.15, -0.1) is 0 Å². The van der Waals surface area contributed by atoms with Crippen LogP contribution in [0, 0.1) is 0 Å². The molecular weight excluding hydrogens is 368 g/mol. The number of benzene rings is 1. The SMILES string of the molecule is O=C(CN1Cc2ccccc2CC1C(=O)N1CCCC1)NC(=O)NC1CCCC1. The van der Waals surface area contributed by atoms with E-state index >= 15 is 0 Å². The number of carbonyl (C=O) groups excluding carboxylic acids is 3. The number of hydrogen-bond donors (Lipinski definition) is 2. The molecule has 1 aromatic carbocycles. The van der Waals surface area contributed by atoms with Crippen molar-refractivity contribution in [1.29, 1.82) is 0 Å². The summed E-state index contributed by atoms with van der Waals surface area (Å²) in [6, 6.07) is 7.46. The van der Waals surface area contributed by atoms with Crippen molar-refractivity contribution < 1.29 is 14.4 Å². The molecule has 1 saturated carbocycles. The van der Waals surface area contributed by atoms with Gasteiger partial charge in [0.05, 0.1) is 12.6 Å². The number of nitrogens with zero attached hydrogens (tertiary/aromatic N) is 2. The van der Waals surface area contributed by atoms with Gasteiger partial charge < -0.3 is 10.2 Å². The third-order valence-corrected chi connectivity index (χ3v) is 6.34. The zero-order valence-corrected chi connectivity index (χ0v) is 16.9. The van der Waals surface area contributed by atoms with Crippen molar-refractivity contribution in [2.45, 2.75) is 63.6 Å². The van der Waals surface area contributed by atoms with Gasteiger partial charge in [0, 0.05) is 25.7 Å². The molecule has 2 N–H and O–H groups in total. The van der Waals surface area contributed by atoms with Crippen LogP contribution in [-0.2, 0) is 22.6 Å². The molecule has 29 heavy (non-hydrogen) atoms. The van der Waals surface area contributed by atoms with Gasteiger partial charge in [0.2, 0.25) is 11.8 Å². The molecule has 2 heterocycles. The quantitative estimate of drug-likeness (QED) is 0.810. The number of carbonyl (C=O) groups is 3. The number of nitrogens with one attached hydrogen (secondary N) is 2. The maximum atomic E-state index is 13.1. The molecule has 0 spiro atoms. The van der Waals surface area contributed by atoms with E-state index in [1.807, 2.05) is 28.0 Å². The fourth-order valence-corrected chi connectivity index (χ4v) is 4.78. The standard InChI is InChI=1S/C22H30N4O3/c27-20(24-22(29)23-18-9-3-4-10-18)15-26-14-17-8-2-1-7-16(17)13-19(26)21(28)25-11-5-6-12-25/h1-2,7-8,18-19H,3-6,9-15H2,(H2,23,24,27,29). The molecule has 156 valence electrons. The van der Waals surface area contributed by atoms with Crippen LogP contribution in [-0.4, -0.2) is 59.4 Å². The number of amides is 4. The monoisotopic (exact) mass is 398 g/mol. The maximum absolute atomic E-state index is 13.1. The molecule has 1 saturated heterocycles. The largest absolute Gasteiger partial charge is 0.341 e. The molecule has 3 aliphatic rings. The minimum absolute atomic E-state index is 0.0384. The lowest BCUT2D eigenvalue weighted by molar-refractivity contribution is -0.137. The first kappa shape index (κ1) is 19.9. The Labute approximate surface area is 171 Å². The number of rotatable bonds is 4. The van der Waals surface area contributed by atoms with Crippen LogP contribution in [0.15, 0.2) is 24.3 Å². The van der Waals surface area contributed by atoms with Crippen LogP contribution in [0.5, 0.6) is 0 Å². The lowest BCUT2D eigenvalue weighted by Gasteiger charge is -2.37. The van der Waals surface area contributed by atoms with Crippen molar-refractivity contribution in [3.63, 3.8) is 0 Å². The van der Waals surface area contributed by atoms with E-state index in [2.05, 4.69) is 16.7 Å². The van der Waals surface area contributed by atoms with Crippen LogP contribution >= 0.6 is 0 Å². The second-order valence-corrected chi connectivity index (χ2v) is 8.43. The third kappa shape index (κ3) is 4.78. The number of hydrogen-bond acceptors (Lipinski definition) is 4. The first-order chi connectivity index (χ1) is 14.1. The molecule has 0 bridgehead atoms. The van der Waals surface area contributed by atoms with Crippen LogP contribution in [0.3, 0.4) is 0 Å². The van der Waals surface area contributed by atoms with E-state index in [1.54, 1.807) is 0 Å². The molecule has 7 nitrogen and oxygen atoms in total. The molecule has 0 radical (unpaired) electrons. The average molecular weight is 399 g/mol. The van der Waals surface area contributed by atoms with Crippen molar-refractivity contribution >= 4 is 17.8 Å². The van der Waals surface area contributed by atoms with Gasteiger partial charge in [-0.3, -0.25) is 19.8 Å². The number of fused-ring (bicyclic) bond motifs is 1. The highest BCUT2D eigenvalue weighted by atomic mass is 16.2. The molecule has 2 fully saturated rings. The Morgan fingerprint density at radius 3 is 2.38 bits per heavy atom. The van der Waals surface area contributed by atoms with Crippen LogP contribution in [0.2, 0.25) is 0 Å². The third-order valence-electron chi connectivity index (χ3n) is 6.34. The highest BCUT2D eigenvalue weighted by Gasteiger charge is 2.36. The molecule has 1 unspecified atom stereocenters. The molecule has 1 atom stereocenters. The molecule has 4 rings (SSSR count). The second-order valence-electron chi connectivity index (χ2n) is 8.43. The molecule has 1 aliphatic carbocycles. The van der Waals surface area contributed by atoms with Gasteiger partial charge in [0.25, 0.3) is 0 Å². The Morgan fingerprint density at radius 2 is 1.66 bits per heavy atom. The van der Waals surface area contributed by atoms with Gasteiger partial charge >= 0.3 is 6.03 Å². The molecule has 1 aromatic rings. The first-order valence-electron chi connectivity index (χ1n) is 10.8. The Kier molecular flexibility index (Phi) is 6.13. The van der Waals surface area contributed by atoms with E-state index in [1.165, 1.54) is 5.56 Å². The van der Waals surface area contributed by atoms with Crippen LogP contribution in [0.1, 0.15) is 49.7 Å². The summed E-state index contributed by atoms with van der Waals surface area (Å²) in [5, 5.41) is 5.33. The molecular formula is C22H30N4O3. The normalized spacial score (nSPS) is 22.3.